The van der Waals surface area contributed by atoms with Crippen LogP contribution in [-0.4, -0.2) is 18.0 Å². The molecule has 0 N–H and O–H groups in total. The van der Waals surface area contributed by atoms with E-state index in [9.17, 15) is 0 Å². The molecule has 0 atom stereocenters. The molecule has 7 aromatic carbocycles. The van der Waals surface area contributed by atoms with Gasteiger partial charge in [0.05, 0.1) is 17.0 Å². The first-order chi connectivity index (χ1) is 24.8. The van der Waals surface area contributed by atoms with Crippen molar-refractivity contribution in [1.82, 2.24) is 9.97 Å². The van der Waals surface area contributed by atoms with E-state index < -0.39 is 8.07 Å². The zero-order valence-electron chi connectivity index (χ0n) is 27.3. The zero-order chi connectivity index (χ0) is 33.3. The Kier molecular flexibility index (Phi) is 7.49. The standard InChI is InChI=1S/C46H32N2OSi/c1-6-18-33(19-7-1)41-32-42(34-20-8-2-9-21-34)48-46(47-41)40-30-16-28-38-39-29-17-31-43(45(39)49-44(38)40)50(35-22-10-3-11-23-35,36-24-12-4-13-25-36)37-26-14-5-15-27-37/h1-32H. The van der Waals surface area contributed by atoms with Crippen molar-refractivity contribution in [1.29, 1.82) is 0 Å². The highest BCUT2D eigenvalue weighted by Gasteiger charge is 2.43. The molecule has 0 unspecified atom stereocenters. The molecule has 0 saturated carbocycles. The Morgan fingerprint density at radius 3 is 1.28 bits per heavy atom. The molecule has 2 aromatic heterocycles. The first-order valence-electron chi connectivity index (χ1n) is 16.9. The van der Waals surface area contributed by atoms with Gasteiger partial charge in [-0.2, -0.15) is 0 Å². The number of aromatic nitrogens is 2. The summed E-state index contributed by atoms with van der Waals surface area (Å²) in [6, 6.07) is 68.6. The van der Waals surface area contributed by atoms with Gasteiger partial charge in [-0.15, -0.1) is 0 Å². The molecule has 0 saturated heterocycles. The molecule has 2 heterocycles. The minimum absolute atomic E-state index is 0.633. The lowest BCUT2D eigenvalue weighted by Crippen LogP contribution is -2.74. The molecule has 9 rings (SSSR count). The van der Waals surface area contributed by atoms with Crippen LogP contribution >= 0.6 is 0 Å². The highest BCUT2D eigenvalue weighted by Crippen LogP contribution is 2.36. The largest absolute Gasteiger partial charge is 0.455 e. The van der Waals surface area contributed by atoms with Crippen LogP contribution in [0, 0.1) is 0 Å². The molecule has 236 valence electrons. The number of benzene rings is 7. The van der Waals surface area contributed by atoms with Crippen molar-refractivity contribution >= 4 is 50.8 Å². The van der Waals surface area contributed by atoms with E-state index in [0.717, 1.165) is 50.0 Å². The molecule has 50 heavy (non-hydrogen) atoms. The van der Waals surface area contributed by atoms with Crippen LogP contribution in [0.5, 0.6) is 0 Å². The normalized spacial score (nSPS) is 11.6. The van der Waals surface area contributed by atoms with Gasteiger partial charge >= 0.3 is 0 Å². The Morgan fingerprint density at radius 1 is 0.380 bits per heavy atom. The van der Waals surface area contributed by atoms with Gasteiger partial charge in [0.15, 0.2) is 13.9 Å². The van der Waals surface area contributed by atoms with Crippen LogP contribution in [0.2, 0.25) is 0 Å². The van der Waals surface area contributed by atoms with E-state index in [1.807, 2.05) is 36.4 Å². The van der Waals surface area contributed by atoms with Crippen LogP contribution in [0.15, 0.2) is 199 Å². The highest BCUT2D eigenvalue weighted by molar-refractivity contribution is 7.20. The number of nitrogens with zero attached hydrogens (tertiary/aromatic N) is 2. The third kappa shape index (κ3) is 4.97. The van der Waals surface area contributed by atoms with Crippen LogP contribution in [0.4, 0.5) is 0 Å². The summed E-state index contributed by atoms with van der Waals surface area (Å²) in [6.45, 7) is 0. The van der Waals surface area contributed by atoms with Crippen molar-refractivity contribution in [3.8, 4) is 33.9 Å². The fourth-order valence-corrected chi connectivity index (χ4v) is 12.3. The third-order valence-electron chi connectivity index (χ3n) is 9.65. The smallest absolute Gasteiger partial charge is 0.184 e. The Hall–Kier alpha value is -6.36. The molecule has 0 aliphatic rings. The maximum absolute atomic E-state index is 7.19. The van der Waals surface area contributed by atoms with Crippen LogP contribution in [0.1, 0.15) is 0 Å². The van der Waals surface area contributed by atoms with Crippen molar-refractivity contribution in [2.45, 2.75) is 0 Å². The van der Waals surface area contributed by atoms with E-state index in [4.69, 9.17) is 14.4 Å². The Labute approximate surface area is 292 Å². The maximum atomic E-state index is 7.19. The van der Waals surface area contributed by atoms with Crippen molar-refractivity contribution in [3.05, 3.63) is 194 Å². The SMILES string of the molecule is c1ccc(-c2cc(-c3ccccc3)nc(-c3cccc4c3oc3c([Si](c5ccccc5)(c5ccccc5)c5ccccc5)cccc34)n2)cc1. The van der Waals surface area contributed by atoms with Gasteiger partial charge in [-0.3, -0.25) is 0 Å². The average Bonchev–Trinajstić information content (AvgIpc) is 3.60. The molecule has 0 radical (unpaired) electrons. The van der Waals surface area contributed by atoms with E-state index in [1.54, 1.807) is 0 Å². The topological polar surface area (TPSA) is 38.9 Å². The lowest BCUT2D eigenvalue weighted by Gasteiger charge is -2.34. The molecule has 0 aliphatic carbocycles. The molecule has 3 nitrogen and oxygen atoms in total. The second kappa shape index (κ2) is 12.6. The fourth-order valence-electron chi connectivity index (χ4n) is 7.40. The number of fused-ring (bicyclic) bond motifs is 3. The fraction of sp³-hybridized carbons (Fsp3) is 0. The highest BCUT2D eigenvalue weighted by atomic mass is 28.3. The van der Waals surface area contributed by atoms with E-state index >= 15 is 0 Å². The summed E-state index contributed by atoms with van der Waals surface area (Å²) in [4.78, 5) is 10.3. The molecule has 0 amide bonds. The van der Waals surface area contributed by atoms with Gasteiger partial charge in [0.25, 0.3) is 0 Å². The Balaban J connectivity index is 1.34. The van der Waals surface area contributed by atoms with Gasteiger partial charge in [-0.25, -0.2) is 9.97 Å². The summed E-state index contributed by atoms with van der Waals surface area (Å²) in [5, 5.41) is 7.25. The molecule has 4 heteroatoms. The van der Waals surface area contributed by atoms with Crippen molar-refractivity contribution in [2.75, 3.05) is 0 Å². The number of para-hydroxylation sites is 2. The quantitative estimate of drug-likeness (QED) is 0.127. The summed E-state index contributed by atoms with van der Waals surface area (Å²) in [6.07, 6.45) is 0. The molecular formula is C46H32N2OSi. The Morgan fingerprint density at radius 2 is 0.800 bits per heavy atom. The monoisotopic (exact) mass is 656 g/mol. The number of furan rings is 1. The van der Waals surface area contributed by atoms with Gasteiger partial charge in [-0.05, 0) is 32.9 Å². The molecule has 9 aromatic rings. The van der Waals surface area contributed by atoms with E-state index in [0.29, 0.717) is 5.82 Å². The van der Waals surface area contributed by atoms with Crippen LogP contribution in [0.25, 0.3) is 55.8 Å². The van der Waals surface area contributed by atoms with Gasteiger partial charge < -0.3 is 4.42 Å². The lowest BCUT2D eigenvalue weighted by molar-refractivity contribution is 0.672. The number of rotatable bonds is 7. The summed E-state index contributed by atoms with van der Waals surface area (Å²) in [5.41, 5.74) is 6.37. The predicted octanol–water partition coefficient (Wildman–Crippen LogP) is 8.75. The van der Waals surface area contributed by atoms with Gasteiger partial charge in [0.1, 0.15) is 11.2 Å². The minimum Gasteiger partial charge on any atom is -0.455 e. The van der Waals surface area contributed by atoms with E-state index in [2.05, 4.69) is 158 Å². The van der Waals surface area contributed by atoms with E-state index in [1.165, 1.54) is 20.7 Å². The first kappa shape index (κ1) is 29.8. The second-order valence-electron chi connectivity index (χ2n) is 12.5. The van der Waals surface area contributed by atoms with Gasteiger partial charge in [-0.1, -0.05) is 182 Å². The molecule has 0 bridgehead atoms. The van der Waals surface area contributed by atoms with Crippen molar-refractivity contribution < 1.29 is 4.42 Å². The summed E-state index contributed by atoms with van der Waals surface area (Å²) < 4.78 is 7.19. The van der Waals surface area contributed by atoms with Crippen LogP contribution in [-0.2, 0) is 0 Å². The zero-order valence-corrected chi connectivity index (χ0v) is 28.3. The predicted molar refractivity (Wildman–Crippen MR) is 209 cm³/mol. The van der Waals surface area contributed by atoms with Gasteiger partial charge in [0.2, 0.25) is 0 Å². The molecule has 0 aliphatic heterocycles. The molecule has 0 spiro atoms. The summed E-state index contributed by atoms with van der Waals surface area (Å²) >= 11 is 0. The molecular weight excluding hydrogens is 625 g/mol. The van der Waals surface area contributed by atoms with Crippen molar-refractivity contribution in [3.63, 3.8) is 0 Å². The van der Waals surface area contributed by atoms with E-state index in [-0.39, 0.29) is 0 Å². The summed E-state index contributed by atoms with van der Waals surface area (Å²) in [5.74, 6) is 0.633. The van der Waals surface area contributed by atoms with Crippen LogP contribution in [0.3, 0.4) is 0 Å². The third-order valence-corrected chi connectivity index (χ3v) is 14.5. The second-order valence-corrected chi connectivity index (χ2v) is 16.3. The maximum Gasteiger partial charge on any atom is 0.184 e. The minimum atomic E-state index is -2.86. The number of hydrogen-bond acceptors (Lipinski definition) is 3. The van der Waals surface area contributed by atoms with Crippen LogP contribution < -0.4 is 20.7 Å². The lowest BCUT2D eigenvalue weighted by atomic mass is 10.1. The van der Waals surface area contributed by atoms with Gasteiger partial charge in [0, 0.05) is 21.9 Å². The number of hydrogen-bond donors (Lipinski definition) is 0. The first-order valence-corrected chi connectivity index (χ1v) is 18.9. The average molecular weight is 657 g/mol. The van der Waals surface area contributed by atoms with Crippen molar-refractivity contribution in [2.24, 2.45) is 0 Å². The Bertz CT molecular complexity index is 2420. The summed E-state index contributed by atoms with van der Waals surface area (Å²) in [7, 11) is -2.86. The molecule has 0 fully saturated rings.